The number of thiophene rings is 1. The number of hydrogen-bond acceptors (Lipinski definition) is 3. The zero-order valence-electron chi connectivity index (χ0n) is 11.8. The van der Waals surface area contributed by atoms with Gasteiger partial charge < -0.3 is 14.9 Å². The number of carbonyl (C=O) groups is 2. The first-order chi connectivity index (χ1) is 9.35. The highest BCUT2D eigenvalue weighted by Crippen LogP contribution is 2.22. The van der Waals surface area contributed by atoms with Gasteiger partial charge in [0.1, 0.15) is 0 Å². The molecule has 1 aromatic rings. The van der Waals surface area contributed by atoms with Crippen LogP contribution in [0.15, 0.2) is 15.2 Å². The lowest BCUT2D eigenvalue weighted by Crippen LogP contribution is -2.46. The maximum Gasteiger partial charge on any atom is 0.320 e. The molecule has 0 aliphatic rings. The molecule has 1 atom stereocenters. The SMILES string of the molecule is CCN(C(=O)N(C)Cc1csc(Br)c1)C(C)CC(=O)O. The summed E-state index contributed by atoms with van der Waals surface area (Å²) in [7, 11) is 1.73. The van der Waals surface area contributed by atoms with Crippen LogP contribution >= 0.6 is 27.3 Å². The molecule has 1 aromatic heterocycles. The van der Waals surface area contributed by atoms with E-state index in [1.54, 1.807) is 35.1 Å². The summed E-state index contributed by atoms with van der Waals surface area (Å²) in [6.07, 6.45) is -0.0442. The summed E-state index contributed by atoms with van der Waals surface area (Å²) in [5.74, 6) is -0.895. The highest BCUT2D eigenvalue weighted by Gasteiger charge is 2.23. The Hall–Kier alpha value is -1.08. The summed E-state index contributed by atoms with van der Waals surface area (Å²) < 4.78 is 1.03. The highest BCUT2D eigenvalue weighted by molar-refractivity contribution is 9.11. The zero-order chi connectivity index (χ0) is 15.3. The van der Waals surface area contributed by atoms with Gasteiger partial charge in [0.15, 0.2) is 0 Å². The smallest absolute Gasteiger partial charge is 0.320 e. The van der Waals surface area contributed by atoms with Crippen LogP contribution in [0.3, 0.4) is 0 Å². The number of rotatable bonds is 6. The molecular formula is C13H19BrN2O3S. The molecule has 0 aromatic carbocycles. The van der Waals surface area contributed by atoms with Crippen LogP contribution in [0.4, 0.5) is 4.79 Å². The van der Waals surface area contributed by atoms with Crippen molar-refractivity contribution in [3.8, 4) is 0 Å². The number of hydrogen-bond donors (Lipinski definition) is 1. The lowest BCUT2D eigenvalue weighted by molar-refractivity contribution is -0.138. The second-order valence-electron chi connectivity index (χ2n) is 4.63. The van der Waals surface area contributed by atoms with Crippen LogP contribution in [0.25, 0.3) is 0 Å². The molecule has 20 heavy (non-hydrogen) atoms. The average molecular weight is 363 g/mol. The summed E-state index contributed by atoms with van der Waals surface area (Å²) in [5.41, 5.74) is 1.06. The van der Waals surface area contributed by atoms with Gasteiger partial charge in [0.2, 0.25) is 0 Å². The third-order valence-corrected chi connectivity index (χ3v) is 4.51. The molecule has 7 heteroatoms. The van der Waals surface area contributed by atoms with Gasteiger partial charge in [0, 0.05) is 26.2 Å². The summed E-state index contributed by atoms with van der Waals surface area (Å²) >= 11 is 4.97. The number of carboxylic acid groups (broad SMARTS) is 1. The normalized spacial score (nSPS) is 12.0. The van der Waals surface area contributed by atoms with Crippen molar-refractivity contribution in [3.05, 3.63) is 20.8 Å². The largest absolute Gasteiger partial charge is 0.481 e. The van der Waals surface area contributed by atoms with Crippen LogP contribution in [-0.2, 0) is 11.3 Å². The van der Waals surface area contributed by atoms with Crippen molar-refractivity contribution < 1.29 is 14.7 Å². The first kappa shape index (κ1) is 17.0. The number of aliphatic carboxylic acids is 1. The van der Waals surface area contributed by atoms with Gasteiger partial charge >= 0.3 is 12.0 Å². The third kappa shape index (κ3) is 4.79. The standard InChI is InChI=1S/C13H19BrN2O3S/c1-4-16(9(2)5-12(17)18)13(19)15(3)7-10-6-11(14)20-8-10/h6,8-9H,4-5,7H2,1-3H3,(H,17,18). The predicted octanol–water partition coefficient (Wildman–Crippen LogP) is 3.25. The van der Waals surface area contributed by atoms with E-state index in [2.05, 4.69) is 15.9 Å². The lowest BCUT2D eigenvalue weighted by atomic mass is 10.2. The van der Waals surface area contributed by atoms with Gasteiger partial charge in [-0.05, 0) is 46.8 Å². The molecule has 1 N–H and O–H groups in total. The van der Waals surface area contributed by atoms with Gasteiger partial charge in [-0.1, -0.05) is 0 Å². The van der Waals surface area contributed by atoms with Crippen LogP contribution < -0.4 is 0 Å². The number of urea groups is 1. The molecule has 0 spiro atoms. The molecule has 1 rings (SSSR count). The van der Waals surface area contributed by atoms with Gasteiger partial charge in [-0.15, -0.1) is 11.3 Å². The van der Waals surface area contributed by atoms with Crippen LogP contribution in [0, 0.1) is 0 Å². The van der Waals surface area contributed by atoms with E-state index in [0.717, 1.165) is 9.35 Å². The molecule has 0 saturated heterocycles. The molecule has 112 valence electrons. The summed E-state index contributed by atoms with van der Waals surface area (Å²) in [6.45, 7) is 4.61. The Labute approximate surface area is 131 Å². The van der Waals surface area contributed by atoms with Crippen LogP contribution in [0.2, 0.25) is 0 Å². The van der Waals surface area contributed by atoms with Crippen molar-refractivity contribution in [1.82, 2.24) is 9.80 Å². The van der Waals surface area contributed by atoms with Crippen molar-refractivity contribution in [2.45, 2.75) is 32.9 Å². The average Bonchev–Trinajstić information content (AvgIpc) is 2.74. The number of carbonyl (C=O) groups excluding carboxylic acids is 1. The first-order valence-corrected chi connectivity index (χ1v) is 7.98. The van der Waals surface area contributed by atoms with E-state index in [9.17, 15) is 9.59 Å². The molecule has 5 nitrogen and oxygen atoms in total. The molecule has 0 bridgehead atoms. The van der Waals surface area contributed by atoms with E-state index in [4.69, 9.17) is 5.11 Å². The van der Waals surface area contributed by atoms with Gasteiger partial charge in [-0.25, -0.2) is 4.79 Å². The Balaban J connectivity index is 2.67. The Bertz CT molecular complexity index is 478. The number of carboxylic acids is 1. The minimum absolute atomic E-state index is 0.0442. The molecule has 0 aliphatic heterocycles. The maximum atomic E-state index is 12.4. The molecule has 0 saturated carbocycles. The molecule has 2 amide bonds. The Morgan fingerprint density at radius 3 is 2.60 bits per heavy atom. The summed E-state index contributed by atoms with van der Waals surface area (Å²) in [5, 5.41) is 10.8. The first-order valence-electron chi connectivity index (χ1n) is 6.31. The maximum absolute atomic E-state index is 12.4. The van der Waals surface area contributed by atoms with E-state index in [0.29, 0.717) is 13.1 Å². The van der Waals surface area contributed by atoms with Crippen molar-refractivity contribution in [2.75, 3.05) is 13.6 Å². The van der Waals surface area contributed by atoms with Crippen molar-refractivity contribution >= 4 is 39.3 Å². The van der Waals surface area contributed by atoms with Crippen LogP contribution in [-0.4, -0.2) is 46.5 Å². The monoisotopic (exact) mass is 362 g/mol. The molecular weight excluding hydrogens is 344 g/mol. The second kappa shape index (κ2) is 7.64. The Morgan fingerprint density at radius 1 is 1.50 bits per heavy atom. The van der Waals surface area contributed by atoms with Crippen molar-refractivity contribution in [3.63, 3.8) is 0 Å². The van der Waals surface area contributed by atoms with E-state index >= 15 is 0 Å². The number of halogens is 1. The van der Waals surface area contributed by atoms with Crippen LogP contribution in [0.5, 0.6) is 0 Å². The van der Waals surface area contributed by atoms with Gasteiger partial charge in [-0.3, -0.25) is 4.79 Å². The minimum atomic E-state index is -0.895. The predicted molar refractivity (Wildman–Crippen MR) is 83.0 cm³/mol. The fourth-order valence-electron chi connectivity index (χ4n) is 1.99. The minimum Gasteiger partial charge on any atom is -0.481 e. The lowest BCUT2D eigenvalue weighted by Gasteiger charge is -2.31. The highest BCUT2D eigenvalue weighted by atomic mass is 79.9. The van der Waals surface area contributed by atoms with Gasteiger partial charge in [-0.2, -0.15) is 0 Å². The van der Waals surface area contributed by atoms with E-state index in [1.807, 2.05) is 18.4 Å². The Morgan fingerprint density at radius 2 is 2.15 bits per heavy atom. The molecule has 0 radical (unpaired) electrons. The van der Waals surface area contributed by atoms with Crippen molar-refractivity contribution in [1.29, 1.82) is 0 Å². The number of nitrogens with zero attached hydrogens (tertiary/aromatic N) is 2. The number of amides is 2. The molecule has 0 fully saturated rings. The summed E-state index contributed by atoms with van der Waals surface area (Å²) in [4.78, 5) is 26.3. The molecule has 1 heterocycles. The van der Waals surface area contributed by atoms with E-state index in [1.165, 1.54) is 0 Å². The molecule has 1 unspecified atom stereocenters. The quantitative estimate of drug-likeness (QED) is 0.844. The second-order valence-corrected chi connectivity index (χ2v) is 6.92. The topological polar surface area (TPSA) is 60.9 Å². The fourth-order valence-corrected chi connectivity index (χ4v) is 3.19. The van der Waals surface area contributed by atoms with E-state index < -0.39 is 5.97 Å². The fraction of sp³-hybridized carbons (Fsp3) is 0.538. The van der Waals surface area contributed by atoms with Gasteiger partial charge in [0.05, 0.1) is 10.2 Å². The zero-order valence-corrected chi connectivity index (χ0v) is 14.2. The van der Waals surface area contributed by atoms with Crippen molar-refractivity contribution in [2.24, 2.45) is 0 Å². The molecule has 0 aliphatic carbocycles. The Kier molecular flexibility index (Phi) is 6.48. The van der Waals surface area contributed by atoms with Gasteiger partial charge in [0.25, 0.3) is 0 Å². The van der Waals surface area contributed by atoms with E-state index in [-0.39, 0.29) is 18.5 Å². The van der Waals surface area contributed by atoms with Crippen LogP contribution in [0.1, 0.15) is 25.8 Å². The third-order valence-electron chi connectivity index (χ3n) is 2.96. The summed E-state index contributed by atoms with van der Waals surface area (Å²) in [6, 6.07) is 1.51.